The molecule has 2 aromatic heterocycles. The van der Waals surface area contributed by atoms with Crippen molar-refractivity contribution in [1.29, 1.82) is 0 Å². The zero-order chi connectivity index (χ0) is 18.1. The predicted molar refractivity (Wildman–Crippen MR) is 98.7 cm³/mol. The molecule has 1 saturated heterocycles. The van der Waals surface area contributed by atoms with E-state index < -0.39 is 0 Å². The molecule has 1 atom stereocenters. The Morgan fingerprint density at radius 1 is 1.35 bits per heavy atom. The van der Waals surface area contributed by atoms with Crippen molar-refractivity contribution < 1.29 is 10.0 Å². The van der Waals surface area contributed by atoms with Crippen molar-refractivity contribution in [2.75, 3.05) is 18.0 Å². The van der Waals surface area contributed by atoms with Crippen LogP contribution in [-0.2, 0) is 4.79 Å². The van der Waals surface area contributed by atoms with Gasteiger partial charge in [-0.15, -0.1) is 0 Å². The number of amides is 1. The maximum absolute atomic E-state index is 11.8. The summed E-state index contributed by atoms with van der Waals surface area (Å²) in [6.07, 6.45) is 6.95. The van der Waals surface area contributed by atoms with Gasteiger partial charge in [0.05, 0.1) is 23.4 Å². The number of nitrogens with zero attached hydrogens (tertiary/aromatic N) is 4. The van der Waals surface area contributed by atoms with Crippen LogP contribution in [0, 0.1) is 5.92 Å². The lowest BCUT2D eigenvalue weighted by Gasteiger charge is -2.32. The number of nitrogens with one attached hydrogen (secondary N) is 1. The summed E-state index contributed by atoms with van der Waals surface area (Å²) in [5.74, 6) is 0.162. The van der Waals surface area contributed by atoms with E-state index >= 15 is 0 Å². The molecule has 7 nitrogen and oxygen atoms in total. The summed E-state index contributed by atoms with van der Waals surface area (Å²) in [4.78, 5) is 22.8. The quantitative estimate of drug-likeness (QED) is 0.546. The van der Waals surface area contributed by atoms with Crippen LogP contribution < -0.4 is 10.4 Å². The number of rotatable bonds is 3. The Kier molecular flexibility index (Phi) is 4.48. The third kappa shape index (κ3) is 3.11. The van der Waals surface area contributed by atoms with Crippen LogP contribution in [0.25, 0.3) is 16.6 Å². The fraction of sp³-hybridized carbons (Fsp3) is 0.278. The van der Waals surface area contributed by atoms with Crippen LogP contribution in [-0.4, -0.2) is 38.7 Å². The molecule has 26 heavy (non-hydrogen) atoms. The number of hydroxylamine groups is 1. The average molecular weight is 372 g/mol. The third-order valence-corrected chi connectivity index (χ3v) is 4.98. The molecule has 0 spiro atoms. The SMILES string of the molecule is O=C(NO)C1CCCN(c2cc(-n3ccnc3)c3ccc(Cl)cc3n2)C1. The van der Waals surface area contributed by atoms with Gasteiger partial charge >= 0.3 is 0 Å². The topological polar surface area (TPSA) is 83.3 Å². The van der Waals surface area contributed by atoms with E-state index in [0.717, 1.165) is 41.8 Å². The monoisotopic (exact) mass is 371 g/mol. The summed E-state index contributed by atoms with van der Waals surface area (Å²) in [5.41, 5.74) is 3.50. The number of piperidine rings is 1. The number of halogens is 1. The molecule has 3 aromatic rings. The van der Waals surface area contributed by atoms with Crippen molar-refractivity contribution in [2.45, 2.75) is 12.8 Å². The van der Waals surface area contributed by atoms with E-state index in [4.69, 9.17) is 21.8 Å². The summed E-state index contributed by atoms with van der Waals surface area (Å²) in [6.45, 7) is 1.31. The molecule has 0 bridgehead atoms. The van der Waals surface area contributed by atoms with Gasteiger partial charge in [0, 0.05) is 42.0 Å². The van der Waals surface area contributed by atoms with Crippen molar-refractivity contribution in [2.24, 2.45) is 5.92 Å². The number of carbonyl (C=O) groups excluding carboxylic acids is 1. The number of aromatic nitrogens is 3. The summed E-state index contributed by atoms with van der Waals surface area (Å²) in [5, 5.41) is 10.5. The molecule has 8 heteroatoms. The normalized spacial score (nSPS) is 17.5. The van der Waals surface area contributed by atoms with Gasteiger partial charge in [0.1, 0.15) is 5.82 Å². The summed E-state index contributed by atoms with van der Waals surface area (Å²) < 4.78 is 1.93. The zero-order valence-corrected chi connectivity index (χ0v) is 14.7. The molecule has 134 valence electrons. The number of imidazole rings is 1. The van der Waals surface area contributed by atoms with Gasteiger partial charge in [0.15, 0.2) is 0 Å². The van der Waals surface area contributed by atoms with Crippen molar-refractivity contribution in [3.05, 3.63) is 48.0 Å². The Bertz CT molecular complexity index is 944. The number of benzene rings is 1. The van der Waals surface area contributed by atoms with Gasteiger partial charge in [-0.3, -0.25) is 10.0 Å². The van der Waals surface area contributed by atoms with Crippen LogP contribution in [0.15, 0.2) is 43.0 Å². The molecule has 2 N–H and O–H groups in total. The zero-order valence-electron chi connectivity index (χ0n) is 14.0. The number of hydrogen-bond donors (Lipinski definition) is 2. The fourth-order valence-electron chi connectivity index (χ4n) is 3.44. The molecule has 1 aliphatic rings. The van der Waals surface area contributed by atoms with Gasteiger partial charge in [0.25, 0.3) is 0 Å². The number of fused-ring (bicyclic) bond motifs is 1. The van der Waals surface area contributed by atoms with E-state index in [0.29, 0.717) is 11.6 Å². The lowest BCUT2D eigenvalue weighted by molar-refractivity contribution is -0.133. The van der Waals surface area contributed by atoms with Gasteiger partial charge < -0.3 is 9.47 Å². The molecule has 0 radical (unpaired) electrons. The van der Waals surface area contributed by atoms with Gasteiger partial charge in [-0.05, 0) is 31.0 Å². The molecule has 1 amide bonds. The van der Waals surface area contributed by atoms with Gasteiger partial charge in [-0.2, -0.15) is 0 Å². The molecular formula is C18H18ClN5O2. The first-order valence-electron chi connectivity index (χ1n) is 8.43. The van der Waals surface area contributed by atoms with Crippen LogP contribution in [0.5, 0.6) is 0 Å². The smallest absolute Gasteiger partial charge is 0.248 e. The van der Waals surface area contributed by atoms with Crippen LogP contribution in [0.2, 0.25) is 5.02 Å². The number of carbonyl (C=O) groups is 1. The van der Waals surface area contributed by atoms with E-state index in [9.17, 15) is 4.79 Å². The van der Waals surface area contributed by atoms with E-state index in [1.165, 1.54) is 0 Å². The maximum Gasteiger partial charge on any atom is 0.248 e. The average Bonchev–Trinajstić information content (AvgIpc) is 3.21. The second-order valence-corrected chi connectivity index (χ2v) is 6.83. The lowest BCUT2D eigenvalue weighted by atomic mass is 9.97. The molecule has 0 aliphatic carbocycles. The number of hydrogen-bond acceptors (Lipinski definition) is 5. The first-order valence-corrected chi connectivity index (χ1v) is 8.81. The molecule has 0 saturated carbocycles. The van der Waals surface area contributed by atoms with Crippen LogP contribution in [0.4, 0.5) is 5.82 Å². The first-order chi connectivity index (χ1) is 12.7. The minimum absolute atomic E-state index is 0.262. The van der Waals surface area contributed by atoms with Gasteiger partial charge in [-0.1, -0.05) is 11.6 Å². The molecule has 1 aromatic carbocycles. The van der Waals surface area contributed by atoms with Gasteiger partial charge in [-0.25, -0.2) is 15.4 Å². The Labute approximate surface area is 155 Å². The van der Waals surface area contributed by atoms with Crippen molar-refractivity contribution in [3.8, 4) is 5.69 Å². The molecule has 4 rings (SSSR count). The predicted octanol–water partition coefficient (Wildman–Crippen LogP) is 2.80. The molecule has 1 aliphatic heterocycles. The number of pyridine rings is 1. The van der Waals surface area contributed by atoms with Gasteiger partial charge in [0.2, 0.25) is 5.91 Å². The van der Waals surface area contributed by atoms with Crippen LogP contribution in [0.3, 0.4) is 0 Å². The molecular weight excluding hydrogens is 354 g/mol. The van der Waals surface area contributed by atoms with E-state index in [1.54, 1.807) is 18.0 Å². The second-order valence-electron chi connectivity index (χ2n) is 6.39. The van der Waals surface area contributed by atoms with E-state index in [-0.39, 0.29) is 11.8 Å². The van der Waals surface area contributed by atoms with Crippen LogP contribution in [0.1, 0.15) is 12.8 Å². The maximum atomic E-state index is 11.8. The molecule has 3 heterocycles. The second kappa shape index (κ2) is 6.93. The third-order valence-electron chi connectivity index (χ3n) is 4.75. The van der Waals surface area contributed by atoms with Crippen molar-refractivity contribution in [1.82, 2.24) is 20.0 Å². The fourth-order valence-corrected chi connectivity index (χ4v) is 3.60. The van der Waals surface area contributed by atoms with Crippen LogP contribution >= 0.6 is 11.6 Å². The highest BCUT2D eigenvalue weighted by atomic mass is 35.5. The Hall–Kier alpha value is -2.64. The van der Waals surface area contributed by atoms with E-state index in [2.05, 4.69) is 9.88 Å². The summed E-state index contributed by atoms with van der Waals surface area (Å²) >= 11 is 6.16. The Morgan fingerprint density at radius 3 is 3.00 bits per heavy atom. The molecule has 1 unspecified atom stereocenters. The standard InChI is InChI=1S/C18H18ClN5O2/c19-13-3-4-14-15(8-13)21-17(9-16(14)24-7-5-20-11-24)23-6-1-2-12(10-23)18(25)22-26/h3-5,7-9,11-12,26H,1-2,6,10H2,(H,22,25). The largest absolute Gasteiger partial charge is 0.356 e. The number of anilines is 1. The first kappa shape index (κ1) is 16.8. The molecule has 1 fully saturated rings. The highest BCUT2D eigenvalue weighted by molar-refractivity contribution is 6.31. The highest BCUT2D eigenvalue weighted by Gasteiger charge is 2.27. The summed E-state index contributed by atoms with van der Waals surface area (Å²) in [6, 6.07) is 7.62. The van der Waals surface area contributed by atoms with Crippen molar-refractivity contribution in [3.63, 3.8) is 0 Å². The summed E-state index contributed by atoms with van der Waals surface area (Å²) in [7, 11) is 0. The lowest BCUT2D eigenvalue weighted by Crippen LogP contribution is -2.42. The van der Waals surface area contributed by atoms with Crippen molar-refractivity contribution >= 4 is 34.2 Å². The minimum Gasteiger partial charge on any atom is -0.356 e. The van der Waals surface area contributed by atoms with E-state index in [1.807, 2.05) is 35.0 Å². The Morgan fingerprint density at radius 2 is 2.23 bits per heavy atom. The highest BCUT2D eigenvalue weighted by Crippen LogP contribution is 2.30. The Balaban J connectivity index is 1.79. The minimum atomic E-state index is -0.353.